The van der Waals surface area contributed by atoms with E-state index >= 15 is 0 Å². The Morgan fingerprint density at radius 2 is 2.19 bits per heavy atom. The van der Waals surface area contributed by atoms with E-state index in [-0.39, 0.29) is 11.8 Å². The van der Waals surface area contributed by atoms with Crippen molar-refractivity contribution in [2.75, 3.05) is 6.54 Å². The van der Waals surface area contributed by atoms with Crippen molar-refractivity contribution in [3.05, 3.63) is 50.4 Å². The molecule has 2 atom stereocenters. The number of carbonyl (C=O) groups excluding carboxylic acids is 1. The lowest BCUT2D eigenvalue weighted by Gasteiger charge is -2.04. The van der Waals surface area contributed by atoms with Gasteiger partial charge in [-0.15, -0.1) is 11.3 Å². The molecule has 1 fully saturated rings. The average Bonchev–Trinajstić information content (AvgIpc) is 3.16. The van der Waals surface area contributed by atoms with E-state index in [1.165, 1.54) is 5.56 Å². The molecule has 1 N–H and O–H groups in total. The summed E-state index contributed by atoms with van der Waals surface area (Å²) in [6.07, 6.45) is 1.78. The number of halogens is 1. The molecule has 0 saturated heterocycles. The molecule has 1 heterocycles. The zero-order valence-corrected chi connectivity index (χ0v) is 14.2. The Kier molecular flexibility index (Phi) is 4.40. The van der Waals surface area contributed by atoms with Crippen molar-refractivity contribution in [3.63, 3.8) is 0 Å². The van der Waals surface area contributed by atoms with Gasteiger partial charge in [-0.05, 0) is 37.0 Å². The second-order valence-corrected chi connectivity index (χ2v) is 7.28. The zero-order chi connectivity index (χ0) is 14.8. The third-order valence-corrected chi connectivity index (χ3v) is 5.29. The molecule has 3 rings (SSSR count). The highest BCUT2D eigenvalue weighted by molar-refractivity contribution is 9.10. The summed E-state index contributed by atoms with van der Waals surface area (Å²) in [4.78, 5) is 16.5. The predicted molar refractivity (Wildman–Crippen MR) is 88.6 cm³/mol. The van der Waals surface area contributed by atoms with Crippen LogP contribution in [-0.4, -0.2) is 17.4 Å². The topological polar surface area (TPSA) is 42.0 Å². The monoisotopic (exact) mass is 364 g/mol. The summed E-state index contributed by atoms with van der Waals surface area (Å²) in [7, 11) is 0. The van der Waals surface area contributed by atoms with Crippen molar-refractivity contribution in [1.29, 1.82) is 0 Å². The summed E-state index contributed by atoms with van der Waals surface area (Å²) in [5.74, 6) is 0.709. The first-order valence-corrected chi connectivity index (χ1v) is 8.75. The molecule has 21 heavy (non-hydrogen) atoms. The highest BCUT2D eigenvalue weighted by Gasteiger charge is 2.43. The minimum absolute atomic E-state index is 0.143. The molecule has 110 valence electrons. The molecule has 5 heteroatoms. The first-order chi connectivity index (χ1) is 10.1. The molecule has 1 aliphatic rings. The van der Waals surface area contributed by atoms with E-state index in [2.05, 4.69) is 38.4 Å². The fraction of sp³-hybridized carbons (Fsp3) is 0.375. The van der Waals surface area contributed by atoms with Crippen LogP contribution in [0.15, 0.2) is 34.1 Å². The molecule has 1 aliphatic carbocycles. The van der Waals surface area contributed by atoms with Crippen LogP contribution >= 0.6 is 27.3 Å². The van der Waals surface area contributed by atoms with Crippen molar-refractivity contribution >= 4 is 33.2 Å². The average molecular weight is 365 g/mol. The van der Waals surface area contributed by atoms with Gasteiger partial charge >= 0.3 is 0 Å². The minimum Gasteiger partial charge on any atom is -0.355 e. The number of benzene rings is 1. The predicted octanol–water partition coefficient (Wildman–Crippen LogP) is 3.68. The van der Waals surface area contributed by atoms with Gasteiger partial charge in [0.1, 0.15) is 0 Å². The summed E-state index contributed by atoms with van der Waals surface area (Å²) in [6.45, 7) is 2.67. The van der Waals surface area contributed by atoms with Crippen LogP contribution in [0.2, 0.25) is 0 Å². The molecule has 1 amide bonds. The van der Waals surface area contributed by atoms with E-state index in [4.69, 9.17) is 0 Å². The maximum atomic E-state index is 12.1. The molecule has 2 unspecified atom stereocenters. The molecule has 1 aromatic heterocycles. The summed E-state index contributed by atoms with van der Waals surface area (Å²) >= 11 is 5.09. The Bertz CT molecular complexity index is 638. The maximum Gasteiger partial charge on any atom is 0.223 e. The van der Waals surface area contributed by atoms with E-state index in [1.807, 2.05) is 24.4 Å². The smallest absolute Gasteiger partial charge is 0.223 e. The van der Waals surface area contributed by atoms with Crippen molar-refractivity contribution in [2.45, 2.75) is 25.7 Å². The van der Waals surface area contributed by atoms with E-state index in [1.54, 1.807) is 11.3 Å². The SMILES string of the molecule is Cc1csc(CCNC(=O)C2CC2c2ccc(Br)cc2)n1. The summed E-state index contributed by atoms with van der Waals surface area (Å²) < 4.78 is 1.08. The molecule has 0 bridgehead atoms. The van der Waals surface area contributed by atoms with Gasteiger partial charge in [0.15, 0.2) is 0 Å². The van der Waals surface area contributed by atoms with Crippen LogP contribution in [0.4, 0.5) is 0 Å². The van der Waals surface area contributed by atoms with Crippen molar-refractivity contribution in [1.82, 2.24) is 10.3 Å². The number of thiazole rings is 1. The standard InChI is InChI=1S/C16H17BrN2OS/c1-10-9-21-15(19-10)6-7-18-16(20)14-8-13(14)11-2-4-12(17)5-3-11/h2-5,9,13-14H,6-8H2,1H3,(H,18,20). The van der Waals surface area contributed by atoms with Crippen LogP contribution in [0.3, 0.4) is 0 Å². The Morgan fingerprint density at radius 3 is 2.86 bits per heavy atom. The number of hydrogen-bond acceptors (Lipinski definition) is 3. The number of rotatable bonds is 5. The molecular weight excluding hydrogens is 348 g/mol. The molecule has 3 nitrogen and oxygen atoms in total. The van der Waals surface area contributed by atoms with Crippen LogP contribution in [0, 0.1) is 12.8 Å². The van der Waals surface area contributed by atoms with Gasteiger partial charge in [0, 0.05) is 34.4 Å². The Balaban J connectivity index is 1.46. The quantitative estimate of drug-likeness (QED) is 0.878. The van der Waals surface area contributed by atoms with E-state index in [9.17, 15) is 4.79 Å². The van der Waals surface area contributed by atoms with Crippen molar-refractivity contribution in [3.8, 4) is 0 Å². The zero-order valence-electron chi connectivity index (χ0n) is 11.8. The fourth-order valence-corrected chi connectivity index (χ4v) is 3.54. The van der Waals surface area contributed by atoms with Gasteiger partial charge < -0.3 is 5.32 Å². The molecule has 2 aromatic rings. The first kappa shape index (κ1) is 14.7. The van der Waals surface area contributed by atoms with E-state index in [0.29, 0.717) is 12.5 Å². The molecule has 1 aromatic carbocycles. The van der Waals surface area contributed by atoms with Gasteiger partial charge in [0.2, 0.25) is 5.91 Å². The van der Waals surface area contributed by atoms with Crippen LogP contribution in [0.5, 0.6) is 0 Å². The summed E-state index contributed by atoms with van der Waals surface area (Å²) in [6, 6.07) is 8.27. The van der Waals surface area contributed by atoms with E-state index < -0.39 is 0 Å². The maximum absolute atomic E-state index is 12.1. The number of amides is 1. The normalized spacial score (nSPS) is 20.3. The van der Waals surface area contributed by atoms with Crippen LogP contribution in [0.1, 0.15) is 28.6 Å². The lowest BCUT2D eigenvalue weighted by Crippen LogP contribution is -2.27. The molecule has 0 aliphatic heterocycles. The first-order valence-electron chi connectivity index (χ1n) is 7.07. The number of nitrogens with zero attached hydrogens (tertiary/aromatic N) is 1. The Hall–Kier alpha value is -1.20. The molecule has 1 saturated carbocycles. The number of aryl methyl sites for hydroxylation is 1. The van der Waals surface area contributed by atoms with Crippen LogP contribution in [-0.2, 0) is 11.2 Å². The van der Waals surface area contributed by atoms with Gasteiger partial charge in [-0.2, -0.15) is 0 Å². The lowest BCUT2D eigenvalue weighted by molar-refractivity contribution is -0.122. The summed E-state index contributed by atoms with van der Waals surface area (Å²) in [5, 5.41) is 6.17. The third kappa shape index (κ3) is 3.71. The van der Waals surface area contributed by atoms with Crippen molar-refractivity contribution in [2.24, 2.45) is 5.92 Å². The molecular formula is C16H17BrN2OS. The van der Waals surface area contributed by atoms with Gasteiger partial charge in [0.05, 0.1) is 5.01 Å². The Morgan fingerprint density at radius 1 is 1.43 bits per heavy atom. The van der Waals surface area contributed by atoms with Gasteiger partial charge in [-0.3, -0.25) is 4.79 Å². The lowest BCUT2D eigenvalue weighted by atomic mass is 10.1. The highest BCUT2D eigenvalue weighted by Crippen LogP contribution is 2.47. The van der Waals surface area contributed by atoms with Gasteiger partial charge in [-0.25, -0.2) is 4.98 Å². The van der Waals surface area contributed by atoms with Crippen molar-refractivity contribution < 1.29 is 4.79 Å². The largest absolute Gasteiger partial charge is 0.355 e. The second-order valence-electron chi connectivity index (χ2n) is 5.42. The third-order valence-electron chi connectivity index (χ3n) is 3.73. The Labute approximate surface area is 136 Å². The number of aromatic nitrogens is 1. The molecule has 0 radical (unpaired) electrons. The fourth-order valence-electron chi connectivity index (χ4n) is 2.50. The van der Waals surface area contributed by atoms with Gasteiger partial charge in [-0.1, -0.05) is 28.1 Å². The summed E-state index contributed by atoms with van der Waals surface area (Å²) in [5.41, 5.74) is 2.31. The van der Waals surface area contributed by atoms with Crippen LogP contribution in [0.25, 0.3) is 0 Å². The van der Waals surface area contributed by atoms with E-state index in [0.717, 1.165) is 28.0 Å². The van der Waals surface area contributed by atoms with Crippen LogP contribution < -0.4 is 5.32 Å². The minimum atomic E-state index is 0.143. The second kappa shape index (κ2) is 6.28. The molecule has 0 spiro atoms. The number of hydrogen-bond donors (Lipinski definition) is 1. The highest BCUT2D eigenvalue weighted by atomic mass is 79.9. The number of carbonyl (C=O) groups is 1. The number of nitrogens with one attached hydrogen (secondary N) is 1. The van der Waals surface area contributed by atoms with Gasteiger partial charge in [0.25, 0.3) is 0 Å².